The minimum atomic E-state index is 0.699. The van der Waals surface area contributed by atoms with E-state index >= 15 is 0 Å². The summed E-state index contributed by atoms with van der Waals surface area (Å²) in [5, 5.41) is 9.01. The molecule has 2 rings (SSSR count). The molecular formula is C7H10BrN3S. The van der Waals surface area contributed by atoms with E-state index in [9.17, 15) is 0 Å². The van der Waals surface area contributed by atoms with E-state index in [0.717, 1.165) is 9.05 Å². The second kappa shape index (κ2) is 3.30. The van der Waals surface area contributed by atoms with Crippen LogP contribution in [0, 0.1) is 0 Å². The molecule has 0 saturated heterocycles. The lowest BCUT2D eigenvalue weighted by molar-refractivity contribution is 0.400. The Morgan fingerprint density at radius 3 is 2.67 bits per heavy atom. The van der Waals surface area contributed by atoms with Gasteiger partial charge in [-0.05, 0) is 35.2 Å². The van der Waals surface area contributed by atoms with Crippen LogP contribution in [-0.4, -0.2) is 23.3 Å². The van der Waals surface area contributed by atoms with Gasteiger partial charge in [0, 0.05) is 13.1 Å². The third-order valence-electron chi connectivity index (χ3n) is 2.31. The maximum absolute atomic E-state index is 4.07. The first-order valence-corrected chi connectivity index (χ1v) is 5.60. The van der Waals surface area contributed by atoms with Crippen LogP contribution < -0.4 is 4.90 Å². The molecule has 0 unspecified atom stereocenters. The maximum atomic E-state index is 4.07. The Balaban J connectivity index is 2.08. The summed E-state index contributed by atoms with van der Waals surface area (Å²) in [7, 11) is 2.09. The lowest BCUT2D eigenvalue weighted by Crippen LogP contribution is -2.36. The van der Waals surface area contributed by atoms with Crippen LogP contribution in [0.15, 0.2) is 3.92 Å². The normalized spacial score (nSPS) is 17.5. The molecule has 0 N–H and O–H groups in total. The van der Waals surface area contributed by atoms with Crippen LogP contribution in [-0.2, 0) is 0 Å². The number of anilines is 1. The van der Waals surface area contributed by atoms with Gasteiger partial charge in [0.15, 0.2) is 3.92 Å². The first-order chi connectivity index (χ1) is 5.77. The Morgan fingerprint density at radius 2 is 2.25 bits per heavy atom. The fraction of sp³-hybridized carbons (Fsp3) is 0.714. The molecule has 1 saturated carbocycles. The minimum absolute atomic E-state index is 0.699. The van der Waals surface area contributed by atoms with Crippen molar-refractivity contribution in [3.63, 3.8) is 0 Å². The van der Waals surface area contributed by atoms with Crippen molar-refractivity contribution in [2.45, 2.75) is 25.3 Å². The summed E-state index contributed by atoms with van der Waals surface area (Å²) in [6, 6.07) is 0.699. The lowest BCUT2D eigenvalue weighted by Gasteiger charge is -2.34. The molecule has 66 valence electrons. The zero-order valence-corrected chi connectivity index (χ0v) is 9.23. The van der Waals surface area contributed by atoms with Crippen LogP contribution in [0.3, 0.4) is 0 Å². The number of rotatable bonds is 2. The number of halogens is 1. The van der Waals surface area contributed by atoms with E-state index in [0.29, 0.717) is 6.04 Å². The van der Waals surface area contributed by atoms with Crippen molar-refractivity contribution in [3.8, 4) is 0 Å². The van der Waals surface area contributed by atoms with Crippen LogP contribution in [0.1, 0.15) is 19.3 Å². The number of nitrogens with zero attached hydrogens (tertiary/aromatic N) is 3. The Morgan fingerprint density at radius 1 is 1.50 bits per heavy atom. The van der Waals surface area contributed by atoms with Gasteiger partial charge < -0.3 is 4.90 Å². The van der Waals surface area contributed by atoms with E-state index in [-0.39, 0.29) is 0 Å². The molecule has 1 aromatic heterocycles. The molecule has 1 fully saturated rings. The monoisotopic (exact) mass is 247 g/mol. The standard InChI is InChI=1S/C7H10BrN3S/c1-11(5-3-2-4-5)7-10-9-6(8)12-7/h5H,2-4H2,1H3. The summed E-state index contributed by atoms with van der Waals surface area (Å²) in [6.07, 6.45) is 3.95. The topological polar surface area (TPSA) is 29.0 Å². The van der Waals surface area contributed by atoms with Gasteiger partial charge in [0.2, 0.25) is 5.13 Å². The predicted molar refractivity (Wildman–Crippen MR) is 53.7 cm³/mol. The van der Waals surface area contributed by atoms with Crippen molar-refractivity contribution in [3.05, 3.63) is 3.92 Å². The van der Waals surface area contributed by atoms with Gasteiger partial charge in [0.1, 0.15) is 0 Å². The zero-order valence-electron chi connectivity index (χ0n) is 6.83. The van der Waals surface area contributed by atoms with E-state index in [1.807, 2.05) is 0 Å². The fourth-order valence-corrected chi connectivity index (χ4v) is 2.39. The molecule has 5 heteroatoms. The van der Waals surface area contributed by atoms with Crippen LogP contribution in [0.2, 0.25) is 0 Å². The Bertz CT molecular complexity index is 271. The largest absolute Gasteiger partial charge is 0.347 e. The summed E-state index contributed by atoms with van der Waals surface area (Å²) in [5.41, 5.74) is 0. The van der Waals surface area contributed by atoms with Crippen molar-refractivity contribution in [2.24, 2.45) is 0 Å². The van der Waals surface area contributed by atoms with E-state index in [1.165, 1.54) is 19.3 Å². The summed E-state index contributed by atoms with van der Waals surface area (Å²) in [6.45, 7) is 0. The van der Waals surface area contributed by atoms with Gasteiger partial charge >= 0.3 is 0 Å². The molecule has 1 aliphatic carbocycles. The lowest BCUT2D eigenvalue weighted by atomic mass is 9.92. The quantitative estimate of drug-likeness (QED) is 0.804. The van der Waals surface area contributed by atoms with Crippen molar-refractivity contribution in [2.75, 3.05) is 11.9 Å². The van der Waals surface area contributed by atoms with Gasteiger partial charge in [-0.25, -0.2) is 0 Å². The summed E-state index contributed by atoms with van der Waals surface area (Å²) >= 11 is 4.90. The Labute approximate surface area is 83.9 Å². The van der Waals surface area contributed by atoms with Crippen molar-refractivity contribution in [1.29, 1.82) is 0 Å². The molecule has 0 atom stereocenters. The van der Waals surface area contributed by atoms with Crippen LogP contribution in [0.4, 0.5) is 5.13 Å². The highest BCUT2D eigenvalue weighted by atomic mass is 79.9. The molecule has 0 aromatic carbocycles. The molecule has 0 aliphatic heterocycles. The molecule has 0 bridgehead atoms. The first-order valence-electron chi connectivity index (χ1n) is 3.99. The van der Waals surface area contributed by atoms with Gasteiger partial charge in [-0.15, -0.1) is 10.2 Å². The average Bonchev–Trinajstić information content (AvgIpc) is 2.31. The smallest absolute Gasteiger partial charge is 0.209 e. The number of hydrogen-bond donors (Lipinski definition) is 0. The number of hydrogen-bond acceptors (Lipinski definition) is 4. The highest BCUT2D eigenvalue weighted by Gasteiger charge is 2.24. The Kier molecular flexibility index (Phi) is 2.32. The van der Waals surface area contributed by atoms with Gasteiger partial charge in [0.05, 0.1) is 0 Å². The molecular weight excluding hydrogens is 238 g/mol. The average molecular weight is 248 g/mol. The van der Waals surface area contributed by atoms with Gasteiger partial charge in [-0.2, -0.15) is 0 Å². The second-order valence-electron chi connectivity index (χ2n) is 3.03. The SMILES string of the molecule is CN(c1nnc(Br)s1)C1CCC1. The predicted octanol–water partition coefficient (Wildman–Crippen LogP) is 2.29. The second-order valence-corrected chi connectivity index (χ2v) is 5.27. The fourth-order valence-electron chi connectivity index (χ4n) is 1.27. The Hall–Kier alpha value is -0.160. The minimum Gasteiger partial charge on any atom is -0.347 e. The van der Waals surface area contributed by atoms with E-state index in [2.05, 4.69) is 38.1 Å². The molecule has 12 heavy (non-hydrogen) atoms. The maximum Gasteiger partial charge on any atom is 0.209 e. The molecule has 1 aromatic rings. The van der Waals surface area contributed by atoms with Crippen molar-refractivity contribution >= 4 is 32.4 Å². The van der Waals surface area contributed by atoms with Crippen molar-refractivity contribution in [1.82, 2.24) is 10.2 Å². The van der Waals surface area contributed by atoms with E-state index < -0.39 is 0 Å². The van der Waals surface area contributed by atoms with E-state index in [4.69, 9.17) is 0 Å². The zero-order chi connectivity index (χ0) is 8.55. The summed E-state index contributed by atoms with van der Waals surface area (Å²) < 4.78 is 0.865. The number of aromatic nitrogens is 2. The first kappa shape index (κ1) is 8.44. The van der Waals surface area contributed by atoms with Gasteiger partial charge in [0.25, 0.3) is 0 Å². The molecule has 0 amide bonds. The molecule has 3 nitrogen and oxygen atoms in total. The van der Waals surface area contributed by atoms with Gasteiger partial charge in [-0.3, -0.25) is 0 Å². The molecule has 1 aliphatic rings. The van der Waals surface area contributed by atoms with E-state index in [1.54, 1.807) is 11.3 Å². The highest BCUT2D eigenvalue weighted by Crippen LogP contribution is 2.31. The summed E-state index contributed by atoms with van der Waals surface area (Å²) in [5.74, 6) is 0. The summed E-state index contributed by atoms with van der Waals surface area (Å²) in [4.78, 5) is 2.23. The molecule has 1 heterocycles. The third-order valence-corrected chi connectivity index (χ3v) is 3.76. The molecule has 0 spiro atoms. The van der Waals surface area contributed by atoms with Crippen LogP contribution >= 0.6 is 27.3 Å². The van der Waals surface area contributed by atoms with Crippen LogP contribution in [0.25, 0.3) is 0 Å². The highest BCUT2D eigenvalue weighted by molar-refractivity contribution is 9.11. The molecule has 0 radical (unpaired) electrons. The van der Waals surface area contributed by atoms with Crippen molar-refractivity contribution < 1.29 is 0 Å². The van der Waals surface area contributed by atoms with Gasteiger partial charge in [-0.1, -0.05) is 11.3 Å². The van der Waals surface area contributed by atoms with Crippen LogP contribution in [0.5, 0.6) is 0 Å². The third kappa shape index (κ3) is 1.47.